The Balaban J connectivity index is 2.13. The van der Waals surface area contributed by atoms with E-state index in [2.05, 4.69) is 49.8 Å². The summed E-state index contributed by atoms with van der Waals surface area (Å²) in [6.07, 6.45) is 11.2. The maximum absolute atomic E-state index is 10.9. The maximum atomic E-state index is 10.9. The first-order chi connectivity index (χ1) is 12.9. The molecule has 0 bridgehead atoms. The molecule has 1 saturated carbocycles. The van der Waals surface area contributed by atoms with Gasteiger partial charge in [-0.05, 0) is 0 Å². The molecule has 3 heteroatoms. The van der Waals surface area contributed by atoms with Gasteiger partial charge in [0.1, 0.15) is 0 Å². The molecule has 152 valence electrons. The summed E-state index contributed by atoms with van der Waals surface area (Å²) in [5.74, 6) is 1.30. The summed E-state index contributed by atoms with van der Waals surface area (Å²) >= 11 is 2.67. The molecule has 2 nitrogen and oxygen atoms in total. The molecular weight excluding hydrogens is 395 g/mol. The van der Waals surface area contributed by atoms with Crippen LogP contribution in [-0.4, -0.2) is 33.2 Å². The van der Waals surface area contributed by atoms with Crippen molar-refractivity contribution in [3.05, 3.63) is 29.3 Å². The topological polar surface area (TPSA) is 40.5 Å². The van der Waals surface area contributed by atoms with E-state index in [0.717, 1.165) is 36.5 Å². The van der Waals surface area contributed by atoms with Crippen molar-refractivity contribution in [1.29, 1.82) is 0 Å². The van der Waals surface area contributed by atoms with Gasteiger partial charge in [0.25, 0.3) is 0 Å². The van der Waals surface area contributed by atoms with E-state index < -0.39 is 0 Å². The van der Waals surface area contributed by atoms with E-state index in [1.54, 1.807) is 0 Å². The zero-order valence-electron chi connectivity index (χ0n) is 17.6. The first-order valence-corrected chi connectivity index (χ1v) is 12.3. The molecule has 2 radical (unpaired) electrons. The Kier molecular flexibility index (Phi) is 9.22. The van der Waals surface area contributed by atoms with Gasteiger partial charge in [-0.1, -0.05) is 26.2 Å². The van der Waals surface area contributed by atoms with E-state index >= 15 is 0 Å². The van der Waals surface area contributed by atoms with Crippen LogP contribution in [0.4, 0.5) is 0 Å². The molecule has 0 heterocycles. The van der Waals surface area contributed by atoms with Crippen LogP contribution in [-0.2, 0) is 5.41 Å². The molecule has 0 amide bonds. The number of hydrogen-bond acceptors (Lipinski definition) is 2. The molecule has 1 aromatic carbocycles. The molecule has 0 spiro atoms. The van der Waals surface area contributed by atoms with E-state index in [-0.39, 0.29) is 17.4 Å². The van der Waals surface area contributed by atoms with Gasteiger partial charge in [0.15, 0.2) is 0 Å². The molecule has 2 rings (SSSR count). The van der Waals surface area contributed by atoms with E-state index in [0.29, 0.717) is 11.7 Å². The number of hydrogen-bond donors (Lipinski definition) is 2. The molecular formula is C24H39AsO2. The van der Waals surface area contributed by atoms with Gasteiger partial charge in [-0.3, -0.25) is 0 Å². The quantitative estimate of drug-likeness (QED) is 0.337. The molecule has 1 aromatic rings. The normalized spacial score (nSPS) is 23.5. The fourth-order valence-electron chi connectivity index (χ4n) is 4.71. The minimum atomic E-state index is -0.224. The van der Waals surface area contributed by atoms with Gasteiger partial charge >= 0.3 is 149 Å². The van der Waals surface area contributed by atoms with Crippen molar-refractivity contribution >= 4 is 16.9 Å². The first kappa shape index (κ1) is 22.8. The summed E-state index contributed by atoms with van der Waals surface area (Å²) in [6, 6.07) is 6.38. The van der Waals surface area contributed by atoms with Gasteiger partial charge in [-0.15, -0.1) is 0 Å². The van der Waals surface area contributed by atoms with E-state index in [4.69, 9.17) is 0 Å². The predicted octanol–water partition coefficient (Wildman–Crippen LogP) is 6.25. The average molecular weight is 434 g/mol. The number of aliphatic hydroxyl groups excluding tert-OH is 1. The Labute approximate surface area is 175 Å². The molecule has 1 fully saturated rings. The summed E-state index contributed by atoms with van der Waals surface area (Å²) in [6.45, 7) is 6.83. The third kappa shape index (κ3) is 6.53. The van der Waals surface area contributed by atoms with Gasteiger partial charge in [0.05, 0.1) is 0 Å². The summed E-state index contributed by atoms with van der Waals surface area (Å²) in [5, 5.41) is 22.2. The number of aliphatic hydroxyl groups is 1. The Morgan fingerprint density at radius 3 is 2.56 bits per heavy atom. The van der Waals surface area contributed by atoms with Gasteiger partial charge in [0.2, 0.25) is 0 Å². The molecule has 1 aliphatic carbocycles. The zero-order valence-corrected chi connectivity index (χ0v) is 19.5. The second-order valence-electron chi connectivity index (χ2n) is 9.17. The number of unbranched alkanes of at least 4 members (excludes halogenated alkanes) is 3. The van der Waals surface area contributed by atoms with Crippen LogP contribution in [0.2, 0.25) is 5.21 Å². The summed E-state index contributed by atoms with van der Waals surface area (Å²) in [4.78, 5) is 0. The van der Waals surface area contributed by atoms with E-state index in [1.165, 1.54) is 44.1 Å². The van der Waals surface area contributed by atoms with Crippen molar-refractivity contribution in [2.75, 3.05) is 0 Å². The molecule has 1 aliphatic rings. The molecule has 3 atom stereocenters. The van der Waals surface area contributed by atoms with Crippen LogP contribution in [0.3, 0.4) is 0 Å². The fourth-order valence-corrected chi connectivity index (χ4v) is 5.09. The number of rotatable bonds is 10. The summed E-state index contributed by atoms with van der Waals surface area (Å²) in [7, 11) is 0. The Morgan fingerprint density at radius 2 is 1.89 bits per heavy atom. The number of aromatic hydroxyl groups is 1. The predicted molar refractivity (Wildman–Crippen MR) is 116 cm³/mol. The molecule has 0 saturated heterocycles. The van der Waals surface area contributed by atoms with Crippen molar-refractivity contribution in [2.45, 2.75) is 108 Å². The van der Waals surface area contributed by atoms with Gasteiger partial charge in [-0.25, -0.2) is 0 Å². The van der Waals surface area contributed by atoms with Crippen LogP contribution in [0.1, 0.15) is 102 Å². The van der Waals surface area contributed by atoms with Crippen molar-refractivity contribution in [2.24, 2.45) is 5.92 Å². The molecule has 27 heavy (non-hydrogen) atoms. The van der Waals surface area contributed by atoms with Crippen molar-refractivity contribution in [3.8, 4) is 5.75 Å². The van der Waals surface area contributed by atoms with Gasteiger partial charge in [-0.2, -0.15) is 0 Å². The summed E-state index contributed by atoms with van der Waals surface area (Å²) in [5.41, 5.74) is 2.38. The fraction of sp³-hybridized carbons (Fsp3) is 0.750. The Hall–Kier alpha value is -0.462. The average Bonchev–Trinajstić information content (AvgIpc) is 2.64. The Morgan fingerprint density at radius 1 is 1.11 bits per heavy atom. The van der Waals surface area contributed by atoms with Gasteiger partial charge in [0, 0.05) is 0 Å². The van der Waals surface area contributed by atoms with Crippen LogP contribution >= 0.6 is 0 Å². The number of benzene rings is 1. The number of phenols is 1. The molecule has 0 aliphatic heterocycles. The first-order valence-electron chi connectivity index (χ1n) is 11.0. The zero-order chi connectivity index (χ0) is 19.9. The number of phenolic OH excluding ortho intramolecular Hbond substituents is 1. The Bertz CT molecular complexity index is 567. The van der Waals surface area contributed by atoms with E-state index in [9.17, 15) is 10.2 Å². The second-order valence-corrected chi connectivity index (χ2v) is 10.1. The van der Waals surface area contributed by atoms with Crippen LogP contribution < -0.4 is 0 Å². The summed E-state index contributed by atoms with van der Waals surface area (Å²) < 4.78 is 0. The van der Waals surface area contributed by atoms with E-state index in [1.807, 2.05) is 6.07 Å². The molecule has 2 N–H and O–H groups in total. The van der Waals surface area contributed by atoms with Crippen LogP contribution in [0.15, 0.2) is 18.2 Å². The van der Waals surface area contributed by atoms with Crippen molar-refractivity contribution < 1.29 is 10.2 Å². The minimum absolute atomic E-state index is 0.0926. The molecule has 0 aromatic heterocycles. The van der Waals surface area contributed by atoms with Crippen molar-refractivity contribution in [3.63, 3.8) is 0 Å². The standard InChI is InChI=1S/C24H39AsO2/c1-4-5-6-7-14-24(2,3)19-11-13-21(23(27)16-19)22-17-20(26)12-10-18(22)9-8-15-25/h11,13,16,18,20,22,26-27H,4-10,12,14-15,17H2,1-3H3. The van der Waals surface area contributed by atoms with Crippen LogP contribution in [0.5, 0.6) is 5.75 Å². The van der Waals surface area contributed by atoms with Crippen molar-refractivity contribution in [1.82, 2.24) is 0 Å². The SMILES string of the molecule is CCCCCCC(C)(C)c1ccc(C2CC(O)CCC2CCC[As])c(O)c1. The third-order valence-corrected chi connectivity index (χ3v) is 7.23. The monoisotopic (exact) mass is 434 g/mol. The third-order valence-electron chi connectivity index (χ3n) is 6.57. The second kappa shape index (κ2) is 10.9. The van der Waals surface area contributed by atoms with Gasteiger partial charge < -0.3 is 0 Å². The molecule has 3 unspecified atom stereocenters. The van der Waals surface area contributed by atoms with Crippen LogP contribution in [0, 0.1) is 5.92 Å². The van der Waals surface area contributed by atoms with Crippen LogP contribution in [0.25, 0.3) is 0 Å².